The van der Waals surface area contributed by atoms with Crippen molar-refractivity contribution < 1.29 is 8.78 Å². The van der Waals surface area contributed by atoms with Crippen molar-refractivity contribution in [3.8, 4) is 0 Å². The number of halogens is 3. The Morgan fingerprint density at radius 3 is 2.67 bits per heavy atom. The lowest BCUT2D eigenvalue weighted by Crippen LogP contribution is -2.12. The zero-order valence-corrected chi connectivity index (χ0v) is 7.81. The van der Waals surface area contributed by atoms with E-state index in [2.05, 4.69) is 15.9 Å². The Balaban J connectivity index is 2.96. The van der Waals surface area contributed by atoms with E-state index in [0.29, 0.717) is 10.0 Å². The Morgan fingerprint density at radius 2 is 2.17 bits per heavy atom. The van der Waals surface area contributed by atoms with Gasteiger partial charge in [-0.05, 0) is 33.6 Å². The minimum atomic E-state index is -0.665. The zero-order chi connectivity index (χ0) is 9.14. The predicted octanol–water partition coefficient (Wildman–Crippen LogP) is 2.56. The molecule has 1 aromatic carbocycles. The summed E-state index contributed by atoms with van der Waals surface area (Å²) in [6.07, 6.45) is 0. The molecule has 66 valence electrons. The van der Waals surface area contributed by atoms with Crippen LogP contribution in [-0.2, 0) is 0 Å². The van der Waals surface area contributed by atoms with E-state index in [1.807, 2.05) is 0 Å². The minimum Gasteiger partial charge on any atom is -0.322 e. The van der Waals surface area contributed by atoms with Crippen LogP contribution in [0, 0.1) is 5.82 Å². The Hall–Kier alpha value is -0.480. The highest BCUT2D eigenvalue weighted by atomic mass is 79.9. The molecule has 0 amide bonds. The second kappa shape index (κ2) is 3.96. The van der Waals surface area contributed by atoms with Crippen molar-refractivity contribution in [3.63, 3.8) is 0 Å². The Morgan fingerprint density at radius 1 is 1.50 bits per heavy atom. The van der Waals surface area contributed by atoms with E-state index in [1.54, 1.807) is 0 Å². The molecule has 0 aliphatic rings. The van der Waals surface area contributed by atoms with E-state index in [9.17, 15) is 8.78 Å². The Bertz CT molecular complexity index is 278. The molecule has 0 radical (unpaired) electrons. The number of hydrogen-bond donors (Lipinski definition) is 1. The Labute approximate surface area is 77.7 Å². The van der Waals surface area contributed by atoms with Crippen LogP contribution >= 0.6 is 15.9 Å². The van der Waals surface area contributed by atoms with Crippen LogP contribution in [0.1, 0.15) is 11.6 Å². The molecule has 2 N–H and O–H groups in total. The van der Waals surface area contributed by atoms with Gasteiger partial charge in [-0.25, -0.2) is 8.78 Å². The molecule has 0 saturated heterocycles. The summed E-state index contributed by atoms with van der Waals surface area (Å²) in [5, 5.41) is 0. The van der Waals surface area contributed by atoms with Gasteiger partial charge in [-0.2, -0.15) is 0 Å². The van der Waals surface area contributed by atoms with E-state index < -0.39 is 12.7 Å². The lowest BCUT2D eigenvalue weighted by molar-refractivity contribution is 0.436. The first-order valence-corrected chi connectivity index (χ1v) is 4.21. The molecule has 0 saturated carbocycles. The summed E-state index contributed by atoms with van der Waals surface area (Å²) in [5.41, 5.74) is 5.98. The van der Waals surface area contributed by atoms with Gasteiger partial charge < -0.3 is 5.73 Å². The monoisotopic (exact) mass is 235 g/mol. The molecule has 1 nitrogen and oxygen atoms in total. The molecule has 1 aromatic rings. The van der Waals surface area contributed by atoms with Gasteiger partial charge in [-0.3, -0.25) is 0 Å². The molecule has 12 heavy (non-hydrogen) atoms. The van der Waals surface area contributed by atoms with Gasteiger partial charge in [0.2, 0.25) is 0 Å². The maximum absolute atomic E-state index is 12.7. The van der Waals surface area contributed by atoms with E-state index in [-0.39, 0.29) is 5.82 Å². The van der Waals surface area contributed by atoms with Crippen molar-refractivity contribution in [2.75, 3.05) is 6.67 Å². The van der Waals surface area contributed by atoms with E-state index in [1.165, 1.54) is 18.2 Å². The average molecular weight is 236 g/mol. The summed E-state index contributed by atoms with van der Waals surface area (Å²) < 4.78 is 25.1. The molecular weight excluding hydrogens is 228 g/mol. The van der Waals surface area contributed by atoms with Gasteiger partial charge in [0.25, 0.3) is 0 Å². The van der Waals surface area contributed by atoms with Crippen LogP contribution < -0.4 is 5.73 Å². The molecule has 0 unspecified atom stereocenters. The summed E-state index contributed by atoms with van der Waals surface area (Å²) in [6.45, 7) is -0.641. The van der Waals surface area contributed by atoms with Gasteiger partial charge in [0, 0.05) is 0 Å². The fourth-order valence-corrected chi connectivity index (χ4v) is 1.23. The molecule has 0 spiro atoms. The first-order chi connectivity index (χ1) is 5.65. The van der Waals surface area contributed by atoms with Gasteiger partial charge in [0.1, 0.15) is 12.5 Å². The molecule has 0 aromatic heterocycles. The van der Waals surface area contributed by atoms with Crippen LogP contribution in [0.4, 0.5) is 8.78 Å². The third-order valence-corrected chi connectivity index (χ3v) is 2.15. The highest BCUT2D eigenvalue weighted by molar-refractivity contribution is 9.10. The van der Waals surface area contributed by atoms with Crippen molar-refractivity contribution in [1.29, 1.82) is 0 Å². The minimum absolute atomic E-state index is 0.309. The van der Waals surface area contributed by atoms with Crippen LogP contribution in [0.5, 0.6) is 0 Å². The molecule has 0 heterocycles. The molecule has 0 bridgehead atoms. The molecule has 0 aliphatic heterocycles. The fraction of sp³-hybridized carbons (Fsp3) is 0.250. The summed E-state index contributed by atoms with van der Waals surface area (Å²) in [5.74, 6) is -0.371. The van der Waals surface area contributed by atoms with Crippen molar-refractivity contribution in [2.24, 2.45) is 5.73 Å². The highest BCUT2D eigenvalue weighted by Crippen LogP contribution is 2.20. The van der Waals surface area contributed by atoms with Gasteiger partial charge >= 0.3 is 0 Å². The van der Waals surface area contributed by atoms with Gasteiger partial charge in [0.15, 0.2) is 0 Å². The number of benzene rings is 1. The molecule has 0 aliphatic carbocycles. The van der Waals surface area contributed by atoms with E-state index >= 15 is 0 Å². The first kappa shape index (κ1) is 9.61. The lowest BCUT2D eigenvalue weighted by Gasteiger charge is -2.07. The highest BCUT2D eigenvalue weighted by Gasteiger charge is 2.07. The number of alkyl halides is 1. The van der Waals surface area contributed by atoms with Crippen LogP contribution in [0.3, 0.4) is 0 Å². The Kier molecular flexibility index (Phi) is 3.17. The third-order valence-electron chi connectivity index (χ3n) is 1.54. The fourth-order valence-electron chi connectivity index (χ4n) is 0.832. The van der Waals surface area contributed by atoms with Crippen LogP contribution in [0.2, 0.25) is 0 Å². The standard InChI is InChI=1S/C8H8BrF2N/c9-6-3-5(8(12)4-10)1-2-7(6)11/h1-3,8H,4,12H2/t8-/m1/s1. The second-order valence-electron chi connectivity index (χ2n) is 2.43. The topological polar surface area (TPSA) is 26.0 Å². The van der Waals surface area contributed by atoms with E-state index in [0.717, 1.165) is 0 Å². The van der Waals surface area contributed by atoms with Crippen molar-refractivity contribution >= 4 is 15.9 Å². The average Bonchev–Trinajstić information content (AvgIpc) is 2.08. The normalized spacial score (nSPS) is 13.0. The summed E-state index contributed by atoms with van der Waals surface area (Å²) in [7, 11) is 0. The quantitative estimate of drug-likeness (QED) is 0.838. The maximum Gasteiger partial charge on any atom is 0.137 e. The molecule has 4 heteroatoms. The van der Waals surface area contributed by atoms with Crippen LogP contribution in [0.15, 0.2) is 22.7 Å². The first-order valence-electron chi connectivity index (χ1n) is 3.41. The van der Waals surface area contributed by atoms with Crippen LogP contribution in [0.25, 0.3) is 0 Å². The number of rotatable bonds is 2. The molecule has 0 fully saturated rings. The van der Waals surface area contributed by atoms with Crippen molar-refractivity contribution in [2.45, 2.75) is 6.04 Å². The summed E-state index contributed by atoms with van der Waals surface area (Å²) in [6, 6.07) is 3.56. The van der Waals surface area contributed by atoms with Gasteiger partial charge in [-0.15, -0.1) is 0 Å². The summed E-state index contributed by atoms with van der Waals surface area (Å²) >= 11 is 2.99. The second-order valence-corrected chi connectivity index (χ2v) is 3.29. The summed E-state index contributed by atoms with van der Waals surface area (Å²) in [4.78, 5) is 0. The predicted molar refractivity (Wildman–Crippen MR) is 47.0 cm³/mol. The van der Waals surface area contributed by atoms with Crippen molar-refractivity contribution in [1.82, 2.24) is 0 Å². The SMILES string of the molecule is N[C@H](CF)c1ccc(F)c(Br)c1. The zero-order valence-electron chi connectivity index (χ0n) is 6.23. The van der Waals surface area contributed by atoms with Crippen LogP contribution in [-0.4, -0.2) is 6.67 Å². The van der Waals surface area contributed by atoms with Gasteiger partial charge in [0.05, 0.1) is 10.5 Å². The molecular formula is C8H8BrF2N. The smallest absolute Gasteiger partial charge is 0.137 e. The van der Waals surface area contributed by atoms with Crippen molar-refractivity contribution in [3.05, 3.63) is 34.1 Å². The van der Waals surface area contributed by atoms with E-state index in [4.69, 9.17) is 5.73 Å². The number of nitrogens with two attached hydrogens (primary N) is 1. The number of hydrogen-bond acceptors (Lipinski definition) is 1. The van der Waals surface area contributed by atoms with Gasteiger partial charge in [-0.1, -0.05) is 6.07 Å². The molecule has 1 atom stereocenters. The maximum atomic E-state index is 12.7. The third kappa shape index (κ3) is 2.01. The lowest BCUT2D eigenvalue weighted by atomic mass is 10.1. The largest absolute Gasteiger partial charge is 0.322 e. The molecule has 1 rings (SSSR count).